The van der Waals surface area contributed by atoms with Crippen LogP contribution in [0, 0.1) is 12.8 Å². The first kappa shape index (κ1) is 18.0. The third kappa shape index (κ3) is 3.31. The third-order valence-electron chi connectivity index (χ3n) is 4.19. The second-order valence-electron chi connectivity index (χ2n) is 5.95. The molecule has 1 aliphatic carbocycles. The van der Waals surface area contributed by atoms with Crippen LogP contribution >= 0.6 is 22.9 Å². The van der Waals surface area contributed by atoms with Crippen LogP contribution in [0.1, 0.15) is 35.0 Å². The number of fused-ring (bicyclic) bond motifs is 1. The van der Waals surface area contributed by atoms with Gasteiger partial charge in [-0.3, -0.25) is 9.59 Å². The monoisotopic (exact) mass is 378 g/mol. The van der Waals surface area contributed by atoms with E-state index in [0.717, 1.165) is 22.4 Å². The Morgan fingerprint density at radius 2 is 2.08 bits per heavy atom. The van der Waals surface area contributed by atoms with Gasteiger partial charge in [-0.25, -0.2) is 0 Å². The minimum Gasteiger partial charge on any atom is -0.501 e. The molecule has 1 aromatic carbocycles. The number of thiophene rings is 1. The first-order chi connectivity index (χ1) is 12.0. The Labute approximate surface area is 155 Å². The summed E-state index contributed by atoms with van der Waals surface area (Å²) in [7, 11) is 1.58. The molecule has 1 aliphatic rings. The second-order valence-corrected chi connectivity index (χ2v) is 7.58. The van der Waals surface area contributed by atoms with Gasteiger partial charge in [0.2, 0.25) is 5.78 Å². The zero-order chi connectivity index (χ0) is 18.1. The first-order valence-electron chi connectivity index (χ1n) is 8.15. The van der Waals surface area contributed by atoms with Crippen LogP contribution in [0.25, 0.3) is 10.1 Å². The topological polar surface area (TPSA) is 52.6 Å². The molecule has 0 spiro atoms. The van der Waals surface area contributed by atoms with Crippen molar-refractivity contribution in [1.82, 2.24) is 0 Å². The van der Waals surface area contributed by atoms with Gasteiger partial charge < -0.3 is 9.47 Å². The Balaban J connectivity index is 2.08. The zero-order valence-electron chi connectivity index (χ0n) is 14.3. The number of methoxy groups -OCH3 is 1. The molecule has 3 rings (SSSR count). The summed E-state index contributed by atoms with van der Waals surface area (Å²) in [6.07, 6.45) is 2.92. The summed E-state index contributed by atoms with van der Waals surface area (Å²) in [5.74, 6) is 0.0332. The van der Waals surface area contributed by atoms with Gasteiger partial charge in [-0.2, -0.15) is 0 Å². The molecule has 0 amide bonds. The van der Waals surface area contributed by atoms with Crippen molar-refractivity contribution in [3.8, 4) is 5.75 Å². The molecule has 25 heavy (non-hydrogen) atoms. The van der Waals surface area contributed by atoms with Crippen LogP contribution in [0.3, 0.4) is 0 Å². The highest BCUT2D eigenvalue weighted by molar-refractivity contribution is 7.19. The molecule has 1 saturated carbocycles. The molecule has 1 fully saturated rings. The van der Waals surface area contributed by atoms with Crippen molar-refractivity contribution in [2.24, 2.45) is 5.92 Å². The lowest BCUT2D eigenvalue weighted by Gasteiger charge is -2.09. The quantitative estimate of drug-likeness (QED) is 0.225. The summed E-state index contributed by atoms with van der Waals surface area (Å²) in [6, 6.07) is 3.51. The summed E-state index contributed by atoms with van der Waals surface area (Å²) in [4.78, 5) is 26.5. The molecule has 0 radical (unpaired) electrons. The molecule has 4 nitrogen and oxygen atoms in total. The Morgan fingerprint density at radius 3 is 2.68 bits per heavy atom. The summed E-state index contributed by atoms with van der Waals surface area (Å²) < 4.78 is 11.6. The number of allylic oxidation sites excluding steroid dienone is 1. The number of hydrogen-bond donors (Lipinski definition) is 0. The minimum atomic E-state index is -0.400. The summed E-state index contributed by atoms with van der Waals surface area (Å²) in [5, 5.41) is 1.03. The number of ether oxygens (including phenoxy) is 2. The van der Waals surface area contributed by atoms with Gasteiger partial charge in [-0.05, 0) is 38.8 Å². The molecule has 132 valence electrons. The average molecular weight is 379 g/mol. The van der Waals surface area contributed by atoms with Crippen molar-refractivity contribution < 1.29 is 19.1 Å². The van der Waals surface area contributed by atoms with Gasteiger partial charge in [-0.1, -0.05) is 11.6 Å². The fraction of sp³-hybridized carbons (Fsp3) is 0.368. The highest BCUT2D eigenvalue weighted by Crippen LogP contribution is 2.43. The van der Waals surface area contributed by atoms with Crippen molar-refractivity contribution in [2.75, 3.05) is 13.7 Å². The Hall–Kier alpha value is -1.85. The van der Waals surface area contributed by atoms with Crippen molar-refractivity contribution in [2.45, 2.75) is 26.7 Å². The number of aryl methyl sites for hydroxylation is 1. The van der Waals surface area contributed by atoms with Crippen LogP contribution in [0.15, 0.2) is 24.0 Å². The lowest BCUT2D eigenvalue weighted by molar-refractivity contribution is -0.116. The lowest BCUT2D eigenvalue weighted by Crippen LogP contribution is -2.16. The van der Waals surface area contributed by atoms with E-state index in [1.807, 2.05) is 13.0 Å². The fourth-order valence-electron chi connectivity index (χ4n) is 2.76. The molecular weight excluding hydrogens is 360 g/mol. The highest BCUT2D eigenvalue weighted by atomic mass is 35.5. The lowest BCUT2D eigenvalue weighted by atomic mass is 9.97. The Morgan fingerprint density at radius 1 is 1.36 bits per heavy atom. The van der Waals surface area contributed by atoms with Crippen LogP contribution in [-0.4, -0.2) is 25.3 Å². The molecule has 0 bridgehead atoms. The van der Waals surface area contributed by atoms with Gasteiger partial charge in [0.15, 0.2) is 5.78 Å². The van der Waals surface area contributed by atoms with E-state index in [4.69, 9.17) is 21.1 Å². The van der Waals surface area contributed by atoms with E-state index in [2.05, 4.69) is 0 Å². The van der Waals surface area contributed by atoms with E-state index in [9.17, 15) is 9.59 Å². The van der Waals surface area contributed by atoms with E-state index in [-0.39, 0.29) is 17.3 Å². The van der Waals surface area contributed by atoms with E-state index in [0.29, 0.717) is 28.3 Å². The number of Topliss-reactive ketones (excluding diaryl/α,β-unsaturated/α-hetero) is 2. The zero-order valence-corrected chi connectivity index (χ0v) is 15.9. The van der Waals surface area contributed by atoms with Crippen LogP contribution in [-0.2, 0) is 9.53 Å². The van der Waals surface area contributed by atoms with Crippen molar-refractivity contribution in [1.29, 1.82) is 0 Å². The van der Waals surface area contributed by atoms with Crippen LogP contribution in [0.4, 0.5) is 0 Å². The molecule has 0 saturated heterocycles. The SMILES string of the molecule is CCO/C=C(\C(=O)c1ccc2sc(C)c(OC)c2c1Cl)C(=O)C1CC1. The van der Waals surface area contributed by atoms with Gasteiger partial charge in [0.25, 0.3) is 0 Å². The van der Waals surface area contributed by atoms with E-state index in [1.54, 1.807) is 31.4 Å². The normalized spacial score (nSPS) is 14.6. The predicted molar refractivity (Wildman–Crippen MR) is 99.9 cm³/mol. The van der Waals surface area contributed by atoms with Crippen LogP contribution in [0.5, 0.6) is 5.75 Å². The van der Waals surface area contributed by atoms with E-state index < -0.39 is 5.78 Å². The molecule has 0 N–H and O–H groups in total. The molecule has 6 heteroatoms. The summed E-state index contributed by atoms with van der Waals surface area (Å²) in [5.41, 5.74) is 0.363. The standard InChI is InChI=1S/C19H19ClO4S/c1-4-24-9-13(17(21)11-5-6-11)18(22)12-7-8-14-15(16(12)20)19(23-3)10(2)25-14/h7-9,11H,4-6H2,1-3H3/b13-9-. The predicted octanol–water partition coefficient (Wildman–Crippen LogP) is 4.95. The van der Waals surface area contributed by atoms with Gasteiger partial charge in [0.1, 0.15) is 11.3 Å². The van der Waals surface area contributed by atoms with E-state index in [1.165, 1.54) is 6.26 Å². The molecule has 1 aromatic heterocycles. The molecule has 2 aromatic rings. The number of rotatable bonds is 7. The van der Waals surface area contributed by atoms with Crippen molar-refractivity contribution >= 4 is 44.6 Å². The maximum atomic E-state index is 13.0. The smallest absolute Gasteiger partial charge is 0.201 e. The number of carbonyl (C=O) groups excluding carboxylic acids is 2. The highest BCUT2D eigenvalue weighted by Gasteiger charge is 2.35. The number of halogens is 1. The molecule has 0 unspecified atom stereocenters. The number of benzene rings is 1. The number of hydrogen-bond acceptors (Lipinski definition) is 5. The average Bonchev–Trinajstić information content (AvgIpc) is 3.38. The fourth-order valence-corrected chi connectivity index (χ4v) is 4.20. The summed E-state index contributed by atoms with van der Waals surface area (Å²) in [6.45, 7) is 4.13. The minimum absolute atomic E-state index is 0.0662. The van der Waals surface area contributed by atoms with Gasteiger partial charge in [-0.15, -0.1) is 11.3 Å². The first-order valence-corrected chi connectivity index (χ1v) is 9.35. The molecule has 1 heterocycles. The largest absolute Gasteiger partial charge is 0.501 e. The number of ketones is 2. The van der Waals surface area contributed by atoms with Crippen LogP contribution < -0.4 is 4.74 Å². The maximum Gasteiger partial charge on any atom is 0.201 e. The van der Waals surface area contributed by atoms with Crippen molar-refractivity contribution in [3.05, 3.63) is 39.4 Å². The maximum absolute atomic E-state index is 13.0. The third-order valence-corrected chi connectivity index (χ3v) is 5.63. The number of carbonyl (C=O) groups is 2. The molecule has 0 aliphatic heterocycles. The Kier molecular flexibility index (Phi) is 5.16. The second kappa shape index (κ2) is 7.18. The molecule has 0 atom stereocenters. The van der Waals surface area contributed by atoms with Gasteiger partial charge in [0.05, 0.1) is 30.4 Å². The summed E-state index contributed by atoms with van der Waals surface area (Å²) >= 11 is 8.09. The van der Waals surface area contributed by atoms with E-state index >= 15 is 0 Å². The Bertz CT molecular complexity index is 877. The van der Waals surface area contributed by atoms with Crippen LogP contribution in [0.2, 0.25) is 5.02 Å². The van der Waals surface area contributed by atoms with Gasteiger partial charge >= 0.3 is 0 Å². The molecular formula is C19H19ClO4S. The van der Waals surface area contributed by atoms with Gasteiger partial charge in [0, 0.05) is 21.1 Å². The van der Waals surface area contributed by atoms with Crippen molar-refractivity contribution in [3.63, 3.8) is 0 Å².